The Kier molecular flexibility index (Phi) is 9.90. The van der Waals surface area contributed by atoms with Crippen molar-refractivity contribution < 1.29 is 4.79 Å². The summed E-state index contributed by atoms with van der Waals surface area (Å²) in [6, 6.07) is 0.263. The first-order valence-electron chi connectivity index (χ1n) is 11.4. The van der Waals surface area contributed by atoms with Gasteiger partial charge in [-0.3, -0.25) is 14.5 Å². The highest BCUT2D eigenvalue weighted by Crippen LogP contribution is 2.26. The predicted octanol–water partition coefficient (Wildman–Crippen LogP) is 3.01. The number of aliphatic imine (C=N–C) groups is 1. The maximum absolute atomic E-state index is 12.8. The molecule has 1 saturated heterocycles. The number of halogens is 1. The lowest BCUT2D eigenvalue weighted by molar-refractivity contribution is -0.135. The molecule has 0 radical (unpaired) electrons. The summed E-state index contributed by atoms with van der Waals surface area (Å²) < 4.78 is 2.00. The van der Waals surface area contributed by atoms with Crippen molar-refractivity contribution in [3.05, 3.63) is 17.0 Å². The molecule has 1 atom stereocenters. The number of carbonyl (C=O) groups is 1. The van der Waals surface area contributed by atoms with Crippen LogP contribution in [0, 0.1) is 5.92 Å². The summed E-state index contributed by atoms with van der Waals surface area (Å²) in [6.07, 6.45) is 8.71. The molecule has 1 aliphatic carbocycles. The van der Waals surface area contributed by atoms with Gasteiger partial charge in [0.15, 0.2) is 5.96 Å². The maximum Gasteiger partial charge on any atom is 0.225 e. The van der Waals surface area contributed by atoms with E-state index in [9.17, 15) is 4.79 Å². The number of likely N-dealkylation sites (tertiary alicyclic amines) is 1. The minimum absolute atomic E-state index is 0. The van der Waals surface area contributed by atoms with E-state index in [1.54, 1.807) is 7.05 Å². The fraction of sp³-hybridized carbons (Fsp3) is 0.773. The highest BCUT2D eigenvalue weighted by atomic mass is 127. The van der Waals surface area contributed by atoms with Gasteiger partial charge in [0.1, 0.15) is 0 Å². The van der Waals surface area contributed by atoms with Gasteiger partial charge in [0.05, 0.1) is 5.69 Å². The molecule has 1 amide bonds. The quantitative estimate of drug-likeness (QED) is 0.337. The summed E-state index contributed by atoms with van der Waals surface area (Å²) in [6.45, 7) is 6.67. The molecule has 3 rings (SSSR count). The molecule has 170 valence electrons. The van der Waals surface area contributed by atoms with E-state index in [0.29, 0.717) is 5.91 Å². The molecule has 30 heavy (non-hydrogen) atoms. The molecule has 1 aromatic heterocycles. The van der Waals surface area contributed by atoms with Crippen molar-refractivity contribution in [1.82, 2.24) is 25.3 Å². The molecule has 0 spiro atoms. The largest absolute Gasteiger partial charge is 0.352 e. The first kappa shape index (κ1) is 24.9. The minimum Gasteiger partial charge on any atom is -0.352 e. The third kappa shape index (κ3) is 5.88. The molecular formula is C22H39IN6O. The zero-order valence-corrected chi connectivity index (χ0v) is 21.4. The van der Waals surface area contributed by atoms with Crippen LogP contribution in [-0.4, -0.2) is 52.7 Å². The van der Waals surface area contributed by atoms with Gasteiger partial charge < -0.3 is 15.5 Å². The SMILES string of the molecule is CCc1nn(C)c(CC)c1CNC(=NC)NC1CCN(C(=O)C2CCCCC2)C1.I. The van der Waals surface area contributed by atoms with E-state index in [4.69, 9.17) is 0 Å². The second-order valence-corrected chi connectivity index (χ2v) is 8.38. The van der Waals surface area contributed by atoms with Crippen LogP contribution < -0.4 is 10.6 Å². The monoisotopic (exact) mass is 530 g/mol. The summed E-state index contributed by atoms with van der Waals surface area (Å²) >= 11 is 0. The summed E-state index contributed by atoms with van der Waals surface area (Å²) in [7, 11) is 3.82. The zero-order chi connectivity index (χ0) is 20.8. The number of hydrogen-bond donors (Lipinski definition) is 2. The number of rotatable bonds is 6. The molecule has 2 heterocycles. The van der Waals surface area contributed by atoms with Crippen molar-refractivity contribution in [3.8, 4) is 0 Å². The van der Waals surface area contributed by atoms with Crippen LogP contribution in [0.5, 0.6) is 0 Å². The molecule has 1 unspecified atom stereocenters. The van der Waals surface area contributed by atoms with Crippen LogP contribution in [0.1, 0.15) is 69.3 Å². The van der Waals surface area contributed by atoms with Gasteiger partial charge in [-0.1, -0.05) is 33.1 Å². The normalized spacial score (nSPS) is 20.2. The first-order valence-corrected chi connectivity index (χ1v) is 11.4. The fourth-order valence-electron chi connectivity index (χ4n) is 4.84. The Balaban J connectivity index is 0.00000320. The Morgan fingerprint density at radius 3 is 2.53 bits per heavy atom. The van der Waals surface area contributed by atoms with E-state index in [-0.39, 0.29) is 35.9 Å². The molecule has 1 saturated carbocycles. The van der Waals surface area contributed by atoms with Crippen molar-refractivity contribution in [2.45, 2.75) is 77.8 Å². The molecular weight excluding hydrogens is 491 g/mol. The molecule has 2 aliphatic rings. The molecule has 7 nitrogen and oxygen atoms in total. The number of guanidine groups is 1. The van der Waals surface area contributed by atoms with E-state index in [1.807, 2.05) is 11.7 Å². The summed E-state index contributed by atoms with van der Waals surface area (Å²) in [5.74, 6) is 1.42. The van der Waals surface area contributed by atoms with Gasteiger partial charge in [0, 0.05) is 56.9 Å². The van der Waals surface area contributed by atoms with Crippen LogP contribution in [0.4, 0.5) is 0 Å². The smallest absolute Gasteiger partial charge is 0.225 e. The van der Waals surface area contributed by atoms with E-state index in [2.05, 4.69) is 39.5 Å². The minimum atomic E-state index is 0. The Morgan fingerprint density at radius 2 is 1.90 bits per heavy atom. The van der Waals surface area contributed by atoms with Crippen LogP contribution in [0.2, 0.25) is 0 Å². The molecule has 2 fully saturated rings. The highest BCUT2D eigenvalue weighted by molar-refractivity contribution is 14.0. The number of nitrogens with zero attached hydrogens (tertiary/aromatic N) is 4. The molecule has 0 bridgehead atoms. The van der Waals surface area contributed by atoms with Crippen LogP contribution in [0.25, 0.3) is 0 Å². The third-order valence-electron chi connectivity index (χ3n) is 6.48. The van der Waals surface area contributed by atoms with Crippen molar-refractivity contribution in [2.24, 2.45) is 18.0 Å². The molecule has 1 aliphatic heterocycles. The lowest BCUT2D eigenvalue weighted by atomic mass is 9.88. The van der Waals surface area contributed by atoms with Gasteiger partial charge in [0.25, 0.3) is 0 Å². The fourth-order valence-corrected chi connectivity index (χ4v) is 4.84. The van der Waals surface area contributed by atoms with E-state index in [0.717, 1.165) is 63.4 Å². The number of amides is 1. The zero-order valence-electron chi connectivity index (χ0n) is 19.0. The van der Waals surface area contributed by atoms with Crippen molar-refractivity contribution in [1.29, 1.82) is 0 Å². The van der Waals surface area contributed by atoms with Crippen molar-refractivity contribution in [2.75, 3.05) is 20.1 Å². The molecule has 2 N–H and O–H groups in total. The Bertz CT molecular complexity index is 725. The maximum atomic E-state index is 12.8. The van der Waals surface area contributed by atoms with Gasteiger partial charge in [-0.2, -0.15) is 5.10 Å². The third-order valence-corrected chi connectivity index (χ3v) is 6.48. The lowest BCUT2D eigenvalue weighted by Crippen LogP contribution is -2.45. The molecule has 0 aromatic carbocycles. The topological polar surface area (TPSA) is 74.6 Å². The lowest BCUT2D eigenvalue weighted by Gasteiger charge is -2.26. The number of hydrogen-bond acceptors (Lipinski definition) is 3. The number of aromatic nitrogens is 2. The van der Waals surface area contributed by atoms with Gasteiger partial charge in [-0.25, -0.2) is 0 Å². The van der Waals surface area contributed by atoms with Gasteiger partial charge in [-0.15, -0.1) is 24.0 Å². The summed E-state index contributed by atoms with van der Waals surface area (Å²) in [5.41, 5.74) is 3.70. The average Bonchev–Trinajstić information content (AvgIpc) is 3.34. The van der Waals surface area contributed by atoms with Crippen LogP contribution in [-0.2, 0) is 31.2 Å². The van der Waals surface area contributed by atoms with Gasteiger partial charge in [-0.05, 0) is 32.1 Å². The second-order valence-electron chi connectivity index (χ2n) is 8.38. The van der Waals surface area contributed by atoms with Gasteiger partial charge in [0.2, 0.25) is 5.91 Å². The predicted molar refractivity (Wildman–Crippen MR) is 132 cm³/mol. The van der Waals surface area contributed by atoms with Crippen LogP contribution >= 0.6 is 24.0 Å². The standard InChI is InChI=1S/C22H38N6O.HI/c1-5-19-18(20(6-2)27(4)26-19)14-24-22(23-3)25-17-12-13-28(15-17)21(29)16-10-8-7-9-11-16;/h16-17H,5-15H2,1-4H3,(H2,23,24,25);1H. The molecule has 8 heteroatoms. The highest BCUT2D eigenvalue weighted by Gasteiger charge is 2.31. The van der Waals surface area contributed by atoms with Crippen molar-refractivity contribution >= 4 is 35.8 Å². The van der Waals surface area contributed by atoms with E-state index in [1.165, 1.54) is 30.5 Å². The average molecular weight is 530 g/mol. The Hall–Kier alpha value is -1.32. The van der Waals surface area contributed by atoms with Crippen LogP contribution in [0.3, 0.4) is 0 Å². The molecule has 1 aromatic rings. The first-order chi connectivity index (χ1) is 14.1. The Labute approximate surface area is 198 Å². The summed E-state index contributed by atoms with van der Waals surface area (Å²) in [4.78, 5) is 19.3. The van der Waals surface area contributed by atoms with Gasteiger partial charge >= 0.3 is 0 Å². The van der Waals surface area contributed by atoms with Crippen molar-refractivity contribution in [3.63, 3.8) is 0 Å². The van der Waals surface area contributed by atoms with E-state index >= 15 is 0 Å². The number of aryl methyl sites for hydroxylation is 2. The summed E-state index contributed by atoms with van der Waals surface area (Å²) in [5, 5.41) is 11.6. The Morgan fingerprint density at radius 1 is 1.17 bits per heavy atom. The van der Waals surface area contributed by atoms with E-state index < -0.39 is 0 Å². The van der Waals surface area contributed by atoms with Crippen LogP contribution in [0.15, 0.2) is 4.99 Å². The number of carbonyl (C=O) groups excluding carboxylic acids is 1. The number of nitrogens with one attached hydrogen (secondary N) is 2. The second kappa shape index (κ2) is 11.9.